The van der Waals surface area contributed by atoms with E-state index in [0.717, 1.165) is 4.34 Å². The van der Waals surface area contributed by atoms with Gasteiger partial charge in [0.05, 0.1) is 17.9 Å². The van der Waals surface area contributed by atoms with E-state index in [1.807, 2.05) is 18.2 Å². The Labute approximate surface area is 158 Å². The van der Waals surface area contributed by atoms with Crippen LogP contribution < -0.4 is 5.32 Å². The molecule has 3 rings (SSSR count). The summed E-state index contributed by atoms with van der Waals surface area (Å²) in [6, 6.07) is 14.7. The highest BCUT2D eigenvalue weighted by Gasteiger charge is 2.11. The van der Waals surface area contributed by atoms with Crippen LogP contribution in [-0.2, 0) is 11.2 Å². The second-order valence-electron chi connectivity index (χ2n) is 5.41. The van der Waals surface area contributed by atoms with Crippen LogP contribution in [0.2, 0.25) is 0 Å². The Morgan fingerprint density at radius 1 is 1.08 bits per heavy atom. The number of hydrogen-bond acceptors (Lipinski definition) is 5. The number of ketones is 1. The van der Waals surface area contributed by atoms with Gasteiger partial charge in [0, 0.05) is 16.6 Å². The normalized spacial score (nSPS) is 10.5. The van der Waals surface area contributed by atoms with Gasteiger partial charge in [0.2, 0.25) is 5.91 Å². The molecule has 0 aliphatic rings. The average Bonchev–Trinajstić information content (AvgIpc) is 3.09. The zero-order chi connectivity index (χ0) is 18.4. The molecule has 0 spiro atoms. The predicted octanol–water partition coefficient (Wildman–Crippen LogP) is 4.44. The molecule has 1 amide bonds. The van der Waals surface area contributed by atoms with Crippen molar-refractivity contribution >= 4 is 40.5 Å². The summed E-state index contributed by atoms with van der Waals surface area (Å²) in [7, 11) is 0. The Morgan fingerprint density at radius 3 is 2.54 bits per heavy atom. The van der Waals surface area contributed by atoms with E-state index in [2.05, 4.69) is 10.3 Å². The zero-order valence-electron chi connectivity index (χ0n) is 13.6. The van der Waals surface area contributed by atoms with Gasteiger partial charge in [0.15, 0.2) is 10.1 Å². The summed E-state index contributed by atoms with van der Waals surface area (Å²) >= 11 is 2.77. The van der Waals surface area contributed by atoms with Gasteiger partial charge in [-0.15, -0.1) is 11.3 Å². The number of rotatable bonds is 7. The number of amides is 1. The molecule has 4 nitrogen and oxygen atoms in total. The number of thioether (sulfide) groups is 1. The summed E-state index contributed by atoms with van der Waals surface area (Å²) in [4.78, 5) is 28.5. The number of halogens is 1. The summed E-state index contributed by atoms with van der Waals surface area (Å²) in [6.07, 6.45) is 0.126. The molecule has 1 N–H and O–H groups in total. The highest BCUT2D eigenvalue weighted by atomic mass is 32.2. The average molecular weight is 386 g/mol. The van der Waals surface area contributed by atoms with Crippen LogP contribution >= 0.6 is 23.1 Å². The number of carbonyl (C=O) groups is 2. The first-order valence-corrected chi connectivity index (χ1v) is 9.67. The number of benzene rings is 2. The molecule has 0 aliphatic carbocycles. The lowest BCUT2D eigenvalue weighted by molar-refractivity contribution is -0.115. The van der Waals surface area contributed by atoms with Crippen LogP contribution in [-0.4, -0.2) is 22.4 Å². The fraction of sp³-hybridized carbons (Fsp3) is 0.105. The molecule has 0 radical (unpaired) electrons. The van der Waals surface area contributed by atoms with Gasteiger partial charge < -0.3 is 5.32 Å². The summed E-state index contributed by atoms with van der Waals surface area (Å²) in [5, 5.41) is 4.50. The van der Waals surface area contributed by atoms with Crippen LogP contribution in [0, 0.1) is 5.82 Å². The first-order valence-electron chi connectivity index (χ1n) is 7.81. The molecule has 0 aliphatic heterocycles. The zero-order valence-corrected chi connectivity index (χ0v) is 15.3. The van der Waals surface area contributed by atoms with Crippen LogP contribution in [0.15, 0.2) is 64.3 Å². The largest absolute Gasteiger partial charge is 0.326 e. The molecule has 0 fully saturated rings. The molecule has 132 valence electrons. The molecule has 7 heteroatoms. The molecule has 0 saturated carbocycles. The fourth-order valence-electron chi connectivity index (χ4n) is 2.17. The van der Waals surface area contributed by atoms with E-state index >= 15 is 0 Å². The van der Waals surface area contributed by atoms with E-state index in [9.17, 15) is 14.0 Å². The minimum absolute atomic E-state index is 0.0430. The van der Waals surface area contributed by atoms with Gasteiger partial charge >= 0.3 is 0 Å². The monoisotopic (exact) mass is 386 g/mol. The third-order valence-corrected chi connectivity index (χ3v) is 5.49. The fourth-order valence-corrected chi connectivity index (χ4v) is 3.91. The minimum atomic E-state index is -0.353. The molecule has 0 atom stereocenters. The maximum absolute atomic E-state index is 12.9. The van der Waals surface area contributed by atoms with Gasteiger partial charge in [-0.3, -0.25) is 9.59 Å². The maximum Gasteiger partial charge on any atom is 0.230 e. The van der Waals surface area contributed by atoms with Crippen molar-refractivity contribution in [2.24, 2.45) is 0 Å². The van der Waals surface area contributed by atoms with Crippen molar-refractivity contribution in [1.82, 2.24) is 4.98 Å². The van der Waals surface area contributed by atoms with Crippen molar-refractivity contribution in [2.45, 2.75) is 10.8 Å². The number of anilines is 1. The molecule has 0 bridgehead atoms. The van der Waals surface area contributed by atoms with Gasteiger partial charge in [-0.2, -0.15) is 0 Å². The molecule has 0 unspecified atom stereocenters. The Balaban J connectivity index is 1.50. The summed E-state index contributed by atoms with van der Waals surface area (Å²) in [5.41, 5.74) is 1.86. The third kappa shape index (κ3) is 5.24. The van der Waals surface area contributed by atoms with Gasteiger partial charge in [-0.1, -0.05) is 42.1 Å². The Kier molecular flexibility index (Phi) is 6.14. The second kappa shape index (κ2) is 8.73. The maximum atomic E-state index is 12.9. The number of Topliss-reactive ketones (excluding diaryl/α,β-unsaturated/α-hetero) is 1. The topological polar surface area (TPSA) is 59.1 Å². The predicted molar refractivity (Wildman–Crippen MR) is 102 cm³/mol. The first-order chi connectivity index (χ1) is 12.6. The Morgan fingerprint density at radius 2 is 1.81 bits per heavy atom. The molecule has 1 aromatic heterocycles. The standard InChI is InChI=1S/C19H15FN2O2S2/c20-14-6-8-15(9-7-14)21-18(24)10-16-11-25-19(22-16)26-12-17(23)13-4-2-1-3-5-13/h1-9,11H,10,12H2,(H,21,24). The minimum Gasteiger partial charge on any atom is -0.326 e. The van der Waals surface area contributed by atoms with E-state index in [0.29, 0.717) is 22.7 Å². The highest BCUT2D eigenvalue weighted by molar-refractivity contribution is 8.01. The summed E-state index contributed by atoms with van der Waals surface area (Å²) in [6.45, 7) is 0. The van der Waals surface area contributed by atoms with Gasteiger partial charge in [-0.05, 0) is 24.3 Å². The first kappa shape index (κ1) is 18.3. The van der Waals surface area contributed by atoms with Gasteiger partial charge in [0.25, 0.3) is 0 Å². The van der Waals surface area contributed by atoms with E-state index in [1.54, 1.807) is 17.5 Å². The second-order valence-corrected chi connectivity index (χ2v) is 7.50. The van der Waals surface area contributed by atoms with E-state index in [1.165, 1.54) is 47.4 Å². The quantitative estimate of drug-likeness (QED) is 0.482. The lowest BCUT2D eigenvalue weighted by Crippen LogP contribution is -2.14. The Bertz CT molecular complexity index is 895. The number of aromatic nitrogens is 1. The van der Waals surface area contributed by atoms with Crippen LogP contribution in [0.1, 0.15) is 16.1 Å². The molecule has 1 heterocycles. The summed E-state index contributed by atoms with van der Waals surface area (Å²) < 4.78 is 13.6. The molecule has 26 heavy (non-hydrogen) atoms. The van der Waals surface area contributed by atoms with Gasteiger partial charge in [0.1, 0.15) is 5.82 Å². The number of thiazole rings is 1. The van der Waals surface area contributed by atoms with Gasteiger partial charge in [-0.25, -0.2) is 9.37 Å². The van der Waals surface area contributed by atoms with Crippen LogP contribution in [0.3, 0.4) is 0 Å². The lowest BCUT2D eigenvalue weighted by Gasteiger charge is -2.03. The van der Waals surface area contributed by atoms with Crippen molar-refractivity contribution in [2.75, 3.05) is 11.1 Å². The number of hydrogen-bond donors (Lipinski definition) is 1. The molecule has 0 saturated heterocycles. The van der Waals surface area contributed by atoms with Crippen molar-refractivity contribution in [1.29, 1.82) is 0 Å². The van der Waals surface area contributed by atoms with Crippen molar-refractivity contribution in [3.63, 3.8) is 0 Å². The molecule has 3 aromatic rings. The van der Waals surface area contributed by atoms with Crippen LogP contribution in [0.5, 0.6) is 0 Å². The van der Waals surface area contributed by atoms with Crippen LogP contribution in [0.4, 0.5) is 10.1 Å². The smallest absolute Gasteiger partial charge is 0.230 e. The SMILES string of the molecule is O=C(Cc1csc(SCC(=O)c2ccccc2)n1)Nc1ccc(F)cc1. The van der Waals surface area contributed by atoms with E-state index < -0.39 is 0 Å². The molecular weight excluding hydrogens is 371 g/mol. The molecule has 2 aromatic carbocycles. The van der Waals surface area contributed by atoms with E-state index in [4.69, 9.17) is 0 Å². The number of nitrogens with zero attached hydrogens (tertiary/aromatic N) is 1. The van der Waals surface area contributed by atoms with Crippen molar-refractivity contribution in [3.05, 3.63) is 77.1 Å². The number of nitrogens with one attached hydrogen (secondary N) is 1. The Hall–Kier alpha value is -2.51. The highest BCUT2D eigenvalue weighted by Crippen LogP contribution is 2.24. The lowest BCUT2D eigenvalue weighted by atomic mass is 10.2. The van der Waals surface area contributed by atoms with Crippen molar-refractivity contribution < 1.29 is 14.0 Å². The third-order valence-electron chi connectivity index (χ3n) is 3.42. The van der Waals surface area contributed by atoms with E-state index in [-0.39, 0.29) is 23.9 Å². The molecular formula is C19H15FN2O2S2. The summed E-state index contributed by atoms with van der Waals surface area (Å²) in [5.74, 6) is -0.229. The van der Waals surface area contributed by atoms with Crippen LogP contribution in [0.25, 0.3) is 0 Å². The van der Waals surface area contributed by atoms with Crippen molar-refractivity contribution in [3.8, 4) is 0 Å². The number of carbonyl (C=O) groups excluding carboxylic acids is 2.